The highest BCUT2D eigenvalue weighted by molar-refractivity contribution is 5.95. The molecular formula is C9H12N2O2. The molecule has 0 fully saturated rings. The molecule has 3 N–H and O–H groups in total. The van der Waals surface area contributed by atoms with Crippen molar-refractivity contribution < 1.29 is 9.53 Å². The van der Waals surface area contributed by atoms with Crippen LogP contribution in [0, 0.1) is 0 Å². The number of hydrogen-bond donors (Lipinski definition) is 2. The first-order valence-corrected chi connectivity index (χ1v) is 3.84. The molecule has 0 aromatic heterocycles. The molecule has 4 heteroatoms. The summed E-state index contributed by atoms with van der Waals surface area (Å²) >= 11 is 0. The van der Waals surface area contributed by atoms with Gasteiger partial charge in [0.15, 0.2) is 0 Å². The van der Waals surface area contributed by atoms with E-state index >= 15 is 0 Å². The van der Waals surface area contributed by atoms with Crippen LogP contribution < -0.4 is 11.1 Å². The number of nitrogen functional groups attached to an aromatic ring is 1. The Hall–Kier alpha value is -1.71. The second kappa shape index (κ2) is 3.80. The minimum atomic E-state index is -0.417. The van der Waals surface area contributed by atoms with Gasteiger partial charge in [-0.2, -0.15) is 0 Å². The van der Waals surface area contributed by atoms with E-state index < -0.39 is 5.97 Å². The molecule has 70 valence electrons. The molecule has 0 radical (unpaired) electrons. The molecule has 1 aromatic rings. The molecule has 0 aliphatic carbocycles. The first kappa shape index (κ1) is 9.38. The number of methoxy groups -OCH3 is 1. The minimum absolute atomic E-state index is 0.390. The van der Waals surface area contributed by atoms with Crippen LogP contribution in [-0.4, -0.2) is 20.1 Å². The van der Waals surface area contributed by atoms with Crippen LogP contribution in [0.2, 0.25) is 0 Å². The third-order valence-corrected chi connectivity index (χ3v) is 1.75. The van der Waals surface area contributed by atoms with Gasteiger partial charge >= 0.3 is 5.97 Å². The van der Waals surface area contributed by atoms with E-state index in [2.05, 4.69) is 10.1 Å². The van der Waals surface area contributed by atoms with Gasteiger partial charge in [0.1, 0.15) is 0 Å². The quantitative estimate of drug-likeness (QED) is 0.528. The number of carbonyl (C=O) groups is 1. The fourth-order valence-corrected chi connectivity index (χ4v) is 1.01. The highest BCUT2D eigenvalue weighted by atomic mass is 16.5. The van der Waals surface area contributed by atoms with Crippen LogP contribution in [0.25, 0.3) is 0 Å². The van der Waals surface area contributed by atoms with Crippen molar-refractivity contribution in [3.05, 3.63) is 23.8 Å². The molecule has 0 aliphatic heterocycles. The van der Waals surface area contributed by atoms with Gasteiger partial charge in [-0.25, -0.2) is 4.79 Å². The van der Waals surface area contributed by atoms with Crippen molar-refractivity contribution in [3.8, 4) is 0 Å². The first-order valence-electron chi connectivity index (χ1n) is 3.84. The van der Waals surface area contributed by atoms with Crippen molar-refractivity contribution >= 4 is 17.3 Å². The molecule has 0 saturated carbocycles. The maximum Gasteiger partial charge on any atom is 0.339 e. The fraction of sp³-hybridized carbons (Fsp3) is 0.222. The molecule has 0 heterocycles. The number of nitrogens with two attached hydrogens (primary N) is 1. The lowest BCUT2D eigenvalue weighted by Gasteiger charge is -2.05. The van der Waals surface area contributed by atoms with Crippen LogP contribution in [-0.2, 0) is 4.74 Å². The SMILES string of the molecule is CNc1ccc(C(=O)OC)c(N)c1. The highest BCUT2D eigenvalue weighted by Gasteiger charge is 2.09. The van der Waals surface area contributed by atoms with Gasteiger partial charge in [0.2, 0.25) is 0 Å². The number of carbonyl (C=O) groups excluding carboxylic acids is 1. The summed E-state index contributed by atoms with van der Waals surface area (Å²) in [5.74, 6) is -0.417. The summed E-state index contributed by atoms with van der Waals surface area (Å²) in [6.45, 7) is 0. The van der Waals surface area contributed by atoms with Crippen LogP contribution >= 0.6 is 0 Å². The van der Waals surface area contributed by atoms with Gasteiger partial charge in [-0.15, -0.1) is 0 Å². The molecular weight excluding hydrogens is 168 g/mol. The fourth-order valence-electron chi connectivity index (χ4n) is 1.01. The van der Waals surface area contributed by atoms with Crippen molar-refractivity contribution in [1.29, 1.82) is 0 Å². The Labute approximate surface area is 76.7 Å². The maximum atomic E-state index is 11.1. The molecule has 0 amide bonds. The molecule has 0 bridgehead atoms. The Kier molecular flexibility index (Phi) is 2.74. The monoisotopic (exact) mass is 180 g/mol. The normalized spacial score (nSPS) is 9.38. The second-order valence-electron chi connectivity index (χ2n) is 2.54. The van der Waals surface area contributed by atoms with E-state index in [1.54, 1.807) is 25.2 Å². The topological polar surface area (TPSA) is 64.3 Å². The Bertz CT molecular complexity index is 323. The van der Waals surface area contributed by atoms with E-state index in [9.17, 15) is 4.79 Å². The van der Waals surface area contributed by atoms with Crippen molar-refractivity contribution in [2.24, 2.45) is 0 Å². The number of anilines is 2. The lowest BCUT2D eigenvalue weighted by atomic mass is 10.1. The number of ether oxygens (including phenoxy) is 1. The van der Waals surface area contributed by atoms with Crippen molar-refractivity contribution in [2.75, 3.05) is 25.2 Å². The first-order chi connectivity index (χ1) is 6.19. The number of rotatable bonds is 2. The van der Waals surface area contributed by atoms with Crippen LogP contribution in [0.4, 0.5) is 11.4 Å². The van der Waals surface area contributed by atoms with Gasteiger partial charge in [0, 0.05) is 18.4 Å². The van der Waals surface area contributed by atoms with E-state index in [-0.39, 0.29) is 0 Å². The average Bonchev–Trinajstić information content (AvgIpc) is 2.16. The largest absolute Gasteiger partial charge is 0.465 e. The number of benzene rings is 1. The molecule has 0 saturated heterocycles. The van der Waals surface area contributed by atoms with Crippen LogP contribution in [0.15, 0.2) is 18.2 Å². The summed E-state index contributed by atoms with van der Waals surface area (Å²) in [6.07, 6.45) is 0. The van der Waals surface area contributed by atoms with E-state index in [0.29, 0.717) is 11.3 Å². The smallest absolute Gasteiger partial charge is 0.339 e. The molecule has 1 aromatic carbocycles. The predicted molar refractivity (Wildman–Crippen MR) is 51.7 cm³/mol. The summed E-state index contributed by atoms with van der Waals surface area (Å²) in [5.41, 5.74) is 7.30. The number of esters is 1. The minimum Gasteiger partial charge on any atom is -0.465 e. The van der Waals surface area contributed by atoms with Gasteiger partial charge in [-0.3, -0.25) is 0 Å². The summed E-state index contributed by atoms with van der Waals surface area (Å²) in [6, 6.07) is 5.09. The van der Waals surface area contributed by atoms with Gasteiger partial charge in [-0.05, 0) is 18.2 Å². The summed E-state index contributed by atoms with van der Waals surface area (Å²) < 4.78 is 4.55. The van der Waals surface area contributed by atoms with Crippen LogP contribution in [0.3, 0.4) is 0 Å². The summed E-state index contributed by atoms with van der Waals surface area (Å²) in [7, 11) is 3.11. The van der Waals surface area contributed by atoms with Gasteiger partial charge in [-0.1, -0.05) is 0 Å². The maximum absolute atomic E-state index is 11.1. The Morgan fingerprint density at radius 1 is 1.54 bits per heavy atom. The van der Waals surface area contributed by atoms with Gasteiger partial charge in [0.05, 0.1) is 12.7 Å². The van der Waals surface area contributed by atoms with Gasteiger partial charge < -0.3 is 15.8 Å². The lowest BCUT2D eigenvalue weighted by Crippen LogP contribution is -2.05. The third kappa shape index (κ3) is 1.90. The van der Waals surface area contributed by atoms with Gasteiger partial charge in [0.25, 0.3) is 0 Å². The summed E-state index contributed by atoms with van der Waals surface area (Å²) in [5, 5.41) is 2.92. The predicted octanol–water partition coefficient (Wildman–Crippen LogP) is 1.10. The number of hydrogen-bond acceptors (Lipinski definition) is 4. The van der Waals surface area contributed by atoms with Crippen LogP contribution in [0.5, 0.6) is 0 Å². The van der Waals surface area contributed by atoms with Crippen molar-refractivity contribution in [1.82, 2.24) is 0 Å². The molecule has 13 heavy (non-hydrogen) atoms. The Morgan fingerprint density at radius 3 is 2.69 bits per heavy atom. The third-order valence-electron chi connectivity index (χ3n) is 1.75. The zero-order valence-electron chi connectivity index (χ0n) is 7.63. The van der Waals surface area contributed by atoms with Crippen LogP contribution in [0.1, 0.15) is 10.4 Å². The van der Waals surface area contributed by atoms with E-state index in [1.807, 2.05) is 0 Å². The Morgan fingerprint density at radius 2 is 2.23 bits per heavy atom. The number of nitrogens with one attached hydrogen (secondary N) is 1. The highest BCUT2D eigenvalue weighted by Crippen LogP contribution is 2.17. The van der Waals surface area contributed by atoms with E-state index in [0.717, 1.165) is 5.69 Å². The lowest BCUT2D eigenvalue weighted by molar-refractivity contribution is 0.0602. The zero-order valence-corrected chi connectivity index (χ0v) is 7.63. The molecule has 0 aliphatic rings. The molecule has 0 spiro atoms. The second-order valence-corrected chi connectivity index (χ2v) is 2.54. The van der Waals surface area contributed by atoms with E-state index in [4.69, 9.17) is 5.73 Å². The molecule has 4 nitrogen and oxygen atoms in total. The van der Waals surface area contributed by atoms with Crippen molar-refractivity contribution in [3.63, 3.8) is 0 Å². The molecule has 0 unspecified atom stereocenters. The summed E-state index contributed by atoms with van der Waals surface area (Å²) in [4.78, 5) is 11.1. The van der Waals surface area contributed by atoms with E-state index in [1.165, 1.54) is 7.11 Å². The Balaban J connectivity index is 3.05. The molecule has 0 atom stereocenters. The molecule has 1 rings (SSSR count). The standard InChI is InChI=1S/C9H12N2O2/c1-11-6-3-4-7(8(10)5-6)9(12)13-2/h3-5,11H,10H2,1-2H3. The zero-order chi connectivity index (χ0) is 9.84. The average molecular weight is 180 g/mol. The van der Waals surface area contributed by atoms with Crippen molar-refractivity contribution in [2.45, 2.75) is 0 Å².